The highest BCUT2D eigenvalue weighted by Crippen LogP contribution is 2.38. The van der Waals surface area contributed by atoms with Crippen molar-refractivity contribution in [1.82, 2.24) is 0 Å². The van der Waals surface area contributed by atoms with Gasteiger partial charge in [0.2, 0.25) is 5.75 Å². The number of rotatable bonds is 8. The van der Waals surface area contributed by atoms with Crippen LogP contribution in [0.1, 0.15) is 20.7 Å². The molecule has 0 unspecified atom stereocenters. The molecule has 0 bridgehead atoms. The first kappa shape index (κ1) is 22.5. The average Bonchev–Trinajstić information content (AvgIpc) is 2.83. The van der Waals surface area contributed by atoms with Crippen molar-refractivity contribution >= 4 is 23.2 Å². The molecule has 0 aromatic heterocycles. The topological polar surface area (TPSA) is 95.1 Å². The molecular formula is C24H24N2O6. The summed E-state index contributed by atoms with van der Waals surface area (Å²) in [6, 6.07) is 16.8. The molecule has 0 fully saturated rings. The third kappa shape index (κ3) is 4.92. The number of anilines is 2. The number of carbonyl (C=O) groups is 2. The molecule has 8 nitrogen and oxygen atoms in total. The SMILES string of the molecule is COc1ccc(NC(=O)c2ccccc2NC(=O)c2cc(OC)c(OC)c(OC)c2)cc1. The van der Waals surface area contributed by atoms with E-state index in [0.29, 0.717) is 39.9 Å². The van der Waals surface area contributed by atoms with Gasteiger partial charge in [0.15, 0.2) is 11.5 Å². The molecule has 0 saturated heterocycles. The van der Waals surface area contributed by atoms with Crippen LogP contribution in [-0.4, -0.2) is 40.3 Å². The van der Waals surface area contributed by atoms with E-state index in [4.69, 9.17) is 18.9 Å². The Morgan fingerprint density at radius 2 is 1.31 bits per heavy atom. The number of benzene rings is 3. The molecule has 3 aromatic carbocycles. The smallest absolute Gasteiger partial charge is 0.257 e. The lowest BCUT2D eigenvalue weighted by molar-refractivity contribution is 0.102. The molecule has 32 heavy (non-hydrogen) atoms. The Balaban J connectivity index is 1.84. The predicted octanol–water partition coefficient (Wildman–Crippen LogP) is 4.23. The summed E-state index contributed by atoms with van der Waals surface area (Å²) in [7, 11) is 5.99. The Morgan fingerprint density at radius 3 is 1.88 bits per heavy atom. The zero-order valence-electron chi connectivity index (χ0n) is 18.2. The van der Waals surface area contributed by atoms with Crippen molar-refractivity contribution < 1.29 is 28.5 Å². The minimum atomic E-state index is -0.436. The predicted molar refractivity (Wildman–Crippen MR) is 121 cm³/mol. The standard InChI is InChI=1S/C24H24N2O6/c1-29-17-11-9-16(10-12-17)25-24(28)18-7-5-6-8-19(18)26-23(27)15-13-20(30-2)22(32-4)21(14-15)31-3/h5-14H,1-4H3,(H,25,28)(H,26,27). The number of nitrogens with one attached hydrogen (secondary N) is 2. The van der Waals surface area contributed by atoms with E-state index in [9.17, 15) is 9.59 Å². The number of methoxy groups -OCH3 is 4. The summed E-state index contributed by atoms with van der Waals surface area (Å²) >= 11 is 0. The summed E-state index contributed by atoms with van der Waals surface area (Å²) in [6.45, 7) is 0. The number of hydrogen-bond acceptors (Lipinski definition) is 6. The molecule has 0 atom stereocenters. The first-order valence-electron chi connectivity index (χ1n) is 9.66. The van der Waals surface area contributed by atoms with Gasteiger partial charge >= 0.3 is 0 Å². The second-order valence-corrected chi connectivity index (χ2v) is 6.60. The van der Waals surface area contributed by atoms with Crippen LogP contribution in [0, 0.1) is 0 Å². The summed E-state index contributed by atoms with van der Waals surface area (Å²) in [5.41, 5.74) is 1.55. The average molecular weight is 436 g/mol. The molecule has 0 saturated carbocycles. The zero-order valence-corrected chi connectivity index (χ0v) is 18.2. The van der Waals surface area contributed by atoms with Gasteiger partial charge in [0, 0.05) is 11.3 Å². The first-order valence-corrected chi connectivity index (χ1v) is 9.66. The maximum absolute atomic E-state index is 12.9. The molecule has 8 heteroatoms. The maximum Gasteiger partial charge on any atom is 0.257 e. The maximum atomic E-state index is 12.9. The monoisotopic (exact) mass is 436 g/mol. The summed E-state index contributed by atoms with van der Waals surface area (Å²) in [5, 5.41) is 5.59. The third-order valence-corrected chi connectivity index (χ3v) is 4.69. The number of carbonyl (C=O) groups excluding carboxylic acids is 2. The Morgan fingerprint density at radius 1 is 0.688 bits per heavy atom. The van der Waals surface area contributed by atoms with Crippen LogP contribution in [0.25, 0.3) is 0 Å². The van der Waals surface area contributed by atoms with E-state index in [-0.39, 0.29) is 11.5 Å². The lowest BCUT2D eigenvalue weighted by Gasteiger charge is -2.15. The number of amides is 2. The summed E-state index contributed by atoms with van der Waals surface area (Å²) < 4.78 is 21.0. The van der Waals surface area contributed by atoms with Gasteiger partial charge in [0.05, 0.1) is 39.7 Å². The van der Waals surface area contributed by atoms with E-state index >= 15 is 0 Å². The number of ether oxygens (including phenoxy) is 4. The molecule has 3 aromatic rings. The molecule has 166 valence electrons. The van der Waals surface area contributed by atoms with E-state index < -0.39 is 5.91 Å². The van der Waals surface area contributed by atoms with Gasteiger partial charge in [-0.3, -0.25) is 9.59 Å². The third-order valence-electron chi connectivity index (χ3n) is 4.69. The minimum Gasteiger partial charge on any atom is -0.497 e. The highest BCUT2D eigenvalue weighted by molar-refractivity contribution is 6.12. The van der Waals surface area contributed by atoms with Crippen molar-refractivity contribution in [2.75, 3.05) is 39.1 Å². The molecule has 0 aliphatic carbocycles. The van der Waals surface area contributed by atoms with Crippen molar-refractivity contribution in [3.05, 3.63) is 71.8 Å². The van der Waals surface area contributed by atoms with E-state index in [1.807, 2.05) is 0 Å². The van der Waals surface area contributed by atoms with Gasteiger partial charge in [0.1, 0.15) is 5.75 Å². The van der Waals surface area contributed by atoms with Crippen LogP contribution >= 0.6 is 0 Å². The van der Waals surface area contributed by atoms with Gasteiger partial charge in [0.25, 0.3) is 11.8 Å². The lowest BCUT2D eigenvalue weighted by atomic mass is 10.1. The normalized spacial score (nSPS) is 10.1. The van der Waals surface area contributed by atoms with E-state index in [2.05, 4.69) is 10.6 Å². The molecule has 3 rings (SSSR count). The first-order chi connectivity index (χ1) is 15.5. The fourth-order valence-electron chi connectivity index (χ4n) is 3.07. The van der Waals surface area contributed by atoms with Crippen LogP contribution in [0.15, 0.2) is 60.7 Å². The second kappa shape index (κ2) is 10.2. The van der Waals surface area contributed by atoms with Crippen LogP contribution in [-0.2, 0) is 0 Å². The Hall–Kier alpha value is -4.20. The van der Waals surface area contributed by atoms with Crippen molar-refractivity contribution in [3.63, 3.8) is 0 Å². The Bertz CT molecular complexity index is 1090. The molecule has 2 N–H and O–H groups in total. The molecule has 0 aliphatic heterocycles. The zero-order chi connectivity index (χ0) is 23.1. The quantitative estimate of drug-likeness (QED) is 0.549. The van der Waals surface area contributed by atoms with E-state index in [0.717, 1.165) is 0 Å². The van der Waals surface area contributed by atoms with E-state index in [1.54, 1.807) is 55.6 Å². The van der Waals surface area contributed by atoms with Crippen LogP contribution in [0.2, 0.25) is 0 Å². The van der Waals surface area contributed by atoms with Crippen LogP contribution < -0.4 is 29.6 Å². The molecule has 0 radical (unpaired) electrons. The molecule has 0 spiro atoms. The highest BCUT2D eigenvalue weighted by Gasteiger charge is 2.19. The largest absolute Gasteiger partial charge is 0.497 e. The van der Waals surface area contributed by atoms with Crippen molar-refractivity contribution in [1.29, 1.82) is 0 Å². The highest BCUT2D eigenvalue weighted by atomic mass is 16.5. The Labute approximate surface area is 186 Å². The fraction of sp³-hybridized carbons (Fsp3) is 0.167. The van der Waals surface area contributed by atoms with Crippen molar-refractivity contribution in [3.8, 4) is 23.0 Å². The fourth-order valence-corrected chi connectivity index (χ4v) is 3.07. The summed E-state index contributed by atoms with van der Waals surface area (Å²) in [4.78, 5) is 25.8. The molecule has 0 aliphatic rings. The van der Waals surface area contributed by atoms with Crippen molar-refractivity contribution in [2.24, 2.45) is 0 Å². The van der Waals surface area contributed by atoms with E-state index in [1.165, 1.54) is 33.5 Å². The van der Waals surface area contributed by atoms with Crippen LogP contribution in [0.5, 0.6) is 23.0 Å². The molecular weight excluding hydrogens is 412 g/mol. The minimum absolute atomic E-state index is 0.282. The van der Waals surface area contributed by atoms with Gasteiger partial charge in [-0.1, -0.05) is 12.1 Å². The molecule has 2 amide bonds. The van der Waals surface area contributed by atoms with Gasteiger partial charge < -0.3 is 29.6 Å². The summed E-state index contributed by atoms with van der Waals surface area (Å²) in [6.07, 6.45) is 0. The van der Waals surface area contributed by atoms with Gasteiger partial charge in [-0.15, -0.1) is 0 Å². The summed E-state index contributed by atoms with van der Waals surface area (Å²) in [5.74, 6) is 0.960. The Kier molecular flexibility index (Phi) is 7.17. The molecule has 0 heterocycles. The second-order valence-electron chi connectivity index (χ2n) is 6.60. The van der Waals surface area contributed by atoms with Gasteiger partial charge in [-0.05, 0) is 48.5 Å². The number of hydrogen-bond donors (Lipinski definition) is 2. The van der Waals surface area contributed by atoms with Crippen LogP contribution in [0.4, 0.5) is 11.4 Å². The number of para-hydroxylation sites is 1. The van der Waals surface area contributed by atoms with Gasteiger partial charge in [-0.2, -0.15) is 0 Å². The lowest BCUT2D eigenvalue weighted by Crippen LogP contribution is -2.18. The van der Waals surface area contributed by atoms with Crippen molar-refractivity contribution in [2.45, 2.75) is 0 Å². The van der Waals surface area contributed by atoms with Crippen LogP contribution in [0.3, 0.4) is 0 Å². The van der Waals surface area contributed by atoms with Gasteiger partial charge in [-0.25, -0.2) is 0 Å².